The van der Waals surface area contributed by atoms with Crippen LogP contribution in [0.5, 0.6) is 0 Å². The molecular formula is C17H13N3O2S. The Balaban J connectivity index is 1.71. The zero-order valence-electron chi connectivity index (χ0n) is 12.0. The normalized spacial score (nSPS) is 10.3. The third kappa shape index (κ3) is 3.44. The van der Waals surface area contributed by atoms with E-state index in [1.807, 2.05) is 29.6 Å². The second kappa shape index (κ2) is 6.41. The number of aromatic nitrogens is 1. The summed E-state index contributed by atoms with van der Waals surface area (Å²) in [6.07, 6.45) is 1.76. The second-order valence-corrected chi connectivity index (χ2v) is 5.70. The minimum Gasteiger partial charge on any atom is -0.366 e. The Kier molecular flexibility index (Phi) is 4.16. The number of carbonyl (C=O) groups excluding carboxylic acids is 2. The summed E-state index contributed by atoms with van der Waals surface area (Å²) in [6, 6.07) is 13.7. The van der Waals surface area contributed by atoms with E-state index in [0.29, 0.717) is 16.8 Å². The van der Waals surface area contributed by atoms with Crippen LogP contribution in [0.3, 0.4) is 0 Å². The molecule has 3 N–H and O–H groups in total. The van der Waals surface area contributed by atoms with Gasteiger partial charge in [-0.25, -0.2) is 4.98 Å². The quantitative estimate of drug-likeness (QED) is 0.773. The summed E-state index contributed by atoms with van der Waals surface area (Å²) in [5.74, 6) is -0.766. The lowest BCUT2D eigenvalue weighted by atomic mass is 10.1. The molecule has 0 fully saturated rings. The van der Waals surface area contributed by atoms with E-state index in [9.17, 15) is 9.59 Å². The second-order valence-electron chi connectivity index (χ2n) is 4.81. The van der Waals surface area contributed by atoms with Gasteiger partial charge in [-0.15, -0.1) is 11.3 Å². The first kappa shape index (κ1) is 14.9. The average molecular weight is 323 g/mol. The van der Waals surface area contributed by atoms with Gasteiger partial charge in [-0.3, -0.25) is 9.59 Å². The first-order valence-electron chi connectivity index (χ1n) is 6.84. The minimum atomic E-state index is -0.519. The number of benzene rings is 2. The maximum absolute atomic E-state index is 12.2. The van der Waals surface area contributed by atoms with Gasteiger partial charge in [-0.2, -0.15) is 0 Å². The minimum absolute atomic E-state index is 0.247. The van der Waals surface area contributed by atoms with Crippen LogP contribution in [-0.4, -0.2) is 16.8 Å². The number of anilines is 1. The van der Waals surface area contributed by atoms with Crippen molar-refractivity contribution in [2.45, 2.75) is 0 Å². The maximum Gasteiger partial charge on any atom is 0.255 e. The largest absolute Gasteiger partial charge is 0.366 e. The average Bonchev–Trinajstić information content (AvgIpc) is 3.10. The molecule has 114 valence electrons. The number of nitrogens with two attached hydrogens (primary N) is 1. The van der Waals surface area contributed by atoms with Gasteiger partial charge < -0.3 is 11.1 Å². The SMILES string of the molecule is NC(=O)c1ccc(C(=O)Nc2ccc(-c3nccs3)cc2)cc1. The van der Waals surface area contributed by atoms with E-state index in [1.54, 1.807) is 29.7 Å². The fourth-order valence-electron chi connectivity index (χ4n) is 2.05. The smallest absolute Gasteiger partial charge is 0.255 e. The highest BCUT2D eigenvalue weighted by atomic mass is 32.1. The van der Waals surface area contributed by atoms with Crippen molar-refractivity contribution in [1.82, 2.24) is 4.98 Å². The first-order valence-corrected chi connectivity index (χ1v) is 7.72. The number of carbonyl (C=O) groups is 2. The zero-order chi connectivity index (χ0) is 16.2. The number of nitrogens with one attached hydrogen (secondary N) is 1. The van der Waals surface area contributed by atoms with Gasteiger partial charge in [0, 0.05) is 34.0 Å². The molecule has 3 aromatic rings. The number of amides is 2. The van der Waals surface area contributed by atoms with Crippen LogP contribution in [0.2, 0.25) is 0 Å². The van der Waals surface area contributed by atoms with E-state index >= 15 is 0 Å². The molecule has 0 unspecified atom stereocenters. The van der Waals surface area contributed by atoms with Crippen LogP contribution in [0, 0.1) is 0 Å². The van der Waals surface area contributed by atoms with Crippen LogP contribution >= 0.6 is 11.3 Å². The summed E-state index contributed by atoms with van der Waals surface area (Å²) in [5.41, 5.74) is 7.69. The van der Waals surface area contributed by atoms with Gasteiger partial charge in [-0.05, 0) is 48.5 Å². The Morgan fingerprint density at radius 2 is 1.61 bits per heavy atom. The lowest BCUT2D eigenvalue weighted by Crippen LogP contribution is -2.14. The molecule has 2 aromatic carbocycles. The molecule has 3 rings (SSSR count). The molecule has 0 saturated heterocycles. The zero-order valence-corrected chi connectivity index (χ0v) is 12.8. The predicted molar refractivity (Wildman–Crippen MR) is 90.5 cm³/mol. The third-order valence-corrected chi connectivity index (χ3v) is 4.08. The third-order valence-electron chi connectivity index (χ3n) is 3.25. The van der Waals surface area contributed by atoms with Crippen LogP contribution < -0.4 is 11.1 Å². The van der Waals surface area contributed by atoms with Crippen molar-refractivity contribution in [3.05, 3.63) is 71.2 Å². The summed E-state index contributed by atoms with van der Waals surface area (Å²) in [7, 11) is 0. The van der Waals surface area contributed by atoms with Gasteiger partial charge in [0.2, 0.25) is 5.91 Å². The van der Waals surface area contributed by atoms with Crippen molar-refractivity contribution < 1.29 is 9.59 Å². The number of hydrogen-bond acceptors (Lipinski definition) is 4. The number of thiazole rings is 1. The highest BCUT2D eigenvalue weighted by Gasteiger charge is 2.08. The molecule has 2 amide bonds. The monoisotopic (exact) mass is 323 g/mol. The fraction of sp³-hybridized carbons (Fsp3) is 0. The Morgan fingerprint density at radius 1 is 0.957 bits per heavy atom. The molecule has 1 heterocycles. The van der Waals surface area contributed by atoms with Crippen molar-refractivity contribution in [3.8, 4) is 10.6 Å². The molecule has 0 spiro atoms. The number of rotatable bonds is 4. The van der Waals surface area contributed by atoms with Crippen molar-refractivity contribution in [2.75, 3.05) is 5.32 Å². The summed E-state index contributed by atoms with van der Waals surface area (Å²) in [4.78, 5) is 27.4. The van der Waals surface area contributed by atoms with E-state index in [4.69, 9.17) is 5.73 Å². The lowest BCUT2D eigenvalue weighted by Gasteiger charge is -2.06. The molecule has 0 radical (unpaired) electrons. The van der Waals surface area contributed by atoms with E-state index in [2.05, 4.69) is 10.3 Å². The Bertz CT molecular complexity index is 825. The summed E-state index contributed by atoms with van der Waals surface area (Å²) >= 11 is 1.56. The summed E-state index contributed by atoms with van der Waals surface area (Å²) < 4.78 is 0. The standard InChI is InChI=1S/C17H13N3O2S/c18-15(21)11-1-3-12(4-2-11)16(22)20-14-7-5-13(6-8-14)17-19-9-10-23-17/h1-10H,(H2,18,21)(H,20,22). The molecular weight excluding hydrogens is 310 g/mol. The Hall–Kier alpha value is -2.99. The summed E-state index contributed by atoms with van der Waals surface area (Å²) in [5, 5.41) is 5.66. The van der Waals surface area contributed by atoms with Gasteiger partial charge in [0.05, 0.1) is 0 Å². The molecule has 0 atom stereocenters. The van der Waals surface area contributed by atoms with E-state index in [0.717, 1.165) is 10.6 Å². The predicted octanol–water partition coefficient (Wildman–Crippen LogP) is 3.16. The van der Waals surface area contributed by atoms with Gasteiger partial charge in [0.15, 0.2) is 0 Å². The van der Waals surface area contributed by atoms with E-state index < -0.39 is 5.91 Å². The van der Waals surface area contributed by atoms with Gasteiger partial charge >= 0.3 is 0 Å². The van der Waals surface area contributed by atoms with Crippen molar-refractivity contribution in [3.63, 3.8) is 0 Å². The molecule has 23 heavy (non-hydrogen) atoms. The molecule has 0 saturated carbocycles. The molecule has 5 nitrogen and oxygen atoms in total. The molecule has 6 heteroatoms. The van der Waals surface area contributed by atoms with E-state index in [1.165, 1.54) is 12.1 Å². The van der Waals surface area contributed by atoms with Gasteiger partial charge in [-0.1, -0.05) is 0 Å². The van der Waals surface area contributed by atoms with Crippen molar-refractivity contribution >= 4 is 28.8 Å². The number of nitrogens with zero attached hydrogens (tertiary/aromatic N) is 1. The van der Waals surface area contributed by atoms with Crippen molar-refractivity contribution in [1.29, 1.82) is 0 Å². The van der Waals surface area contributed by atoms with Crippen LogP contribution in [0.4, 0.5) is 5.69 Å². The van der Waals surface area contributed by atoms with Gasteiger partial charge in [0.25, 0.3) is 5.91 Å². The highest BCUT2D eigenvalue weighted by molar-refractivity contribution is 7.13. The topological polar surface area (TPSA) is 85.1 Å². The van der Waals surface area contributed by atoms with Crippen LogP contribution in [0.25, 0.3) is 10.6 Å². The molecule has 0 aliphatic rings. The Labute approximate surface area is 136 Å². The number of hydrogen-bond donors (Lipinski definition) is 2. The fourth-order valence-corrected chi connectivity index (χ4v) is 2.70. The Morgan fingerprint density at radius 3 is 2.17 bits per heavy atom. The highest BCUT2D eigenvalue weighted by Crippen LogP contribution is 2.23. The summed E-state index contributed by atoms with van der Waals surface area (Å²) in [6.45, 7) is 0. The molecule has 0 aliphatic carbocycles. The van der Waals surface area contributed by atoms with Crippen LogP contribution in [0.1, 0.15) is 20.7 Å². The van der Waals surface area contributed by atoms with Crippen molar-refractivity contribution in [2.24, 2.45) is 5.73 Å². The first-order chi connectivity index (χ1) is 11.1. The molecule has 0 bridgehead atoms. The lowest BCUT2D eigenvalue weighted by molar-refractivity contribution is 0.0995. The van der Waals surface area contributed by atoms with E-state index in [-0.39, 0.29) is 5.91 Å². The molecule has 1 aromatic heterocycles. The van der Waals surface area contributed by atoms with Gasteiger partial charge in [0.1, 0.15) is 5.01 Å². The molecule has 0 aliphatic heterocycles. The van der Waals surface area contributed by atoms with Crippen LogP contribution in [0.15, 0.2) is 60.1 Å². The van der Waals surface area contributed by atoms with Crippen LogP contribution in [-0.2, 0) is 0 Å². The maximum atomic E-state index is 12.2. The number of primary amides is 1.